The number of amides is 1. The van der Waals surface area contributed by atoms with E-state index in [0.717, 1.165) is 11.3 Å². The van der Waals surface area contributed by atoms with Gasteiger partial charge in [-0.05, 0) is 62.0 Å². The van der Waals surface area contributed by atoms with Gasteiger partial charge in [0.1, 0.15) is 5.82 Å². The second-order valence-corrected chi connectivity index (χ2v) is 8.47. The Morgan fingerprint density at radius 2 is 2.00 bits per heavy atom. The molecular weight excluding hydrogens is 425 g/mol. The van der Waals surface area contributed by atoms with Gasteiger partial charge in [0, 0.05) is 37.6 Å². The first kappa shape index (κ1) is 22.0. The topological polar surface area (TPSA) is 62.2 Å². The van der Waals surface area contributed by atoms with Gasteiger partial charge in [-0.2, -0.15) is 0 Å². The van der Waals surface area contributed by atoms with E-state index in [4.69, 9.17) is 12.2 Å². The first-order valence-electron chi connectivity index (χ1n) is 10.6. The zero-order valence-electron chi connectivity index (χ0n) is 18.0. The zero-order chi connectivity index (χ0) is 22.7. The highest BCUT2D eigenvalue weighted by Crippen LogP contribution is 2.39. The maximum atomic E-state index is 13.9. The van der Waals surface area contributed by atoms with Crippen molar-refractivity contribution in [2.75, 3.05) is 11.9 Å². The summed E-state index contributed by atoms with van der Waals surface area (Å²) in [6.07, 6.45) is 6.11. The third kappa shape index (κ3) is 4.65. The number of nitrogens with one attached hydrogen (secondary N) is 2. The van der Waals surface area contributed by atoms with Gasteiger partial charge in [0.15, 0.2) is 5.11 Å². The highest BCUT2D eigenvalue weighted by Gasteiger charge is 2.40. The molecule has 2 atom stereocenters. The van der Waals surface area contributed by atoms with Gasteiger partial charge in [-0.3, -0.25) is 9.78 Å². The lowest BCUT2D eigenvalue weighted by molar-refractivity contribution is -0.116. The second-order valence-electron chi connectivity index (χ2n) is 8.08. The van der Waals surface area contributed by atoms with E-state index in [1.165, 1.54) is 6.07 Å². The van der Waals surface area contributed by atoms with Crippen LogP contribution in [-0.2, 0) is 4.79 Å². The quantitative estimate of drug-likeness (QED) is 0.514. The Morgan fingerprint density at radius 3 is 2.69 bits per heavy atom. The van der Waals surface area contributed by atoms with E-state index in [1.807, 2.05) is 23.1 Å². The summed E-state index contributed by atoms with van der Waals surface area (Å²) in [5.41, 5.74) is 2.16. The van der Waals surface area contributed by atoms with E-state index < -0.39 is 5.82 Å². The largest absolute Gasteiger partial charge is 0.352 e. The molecule has 0 saturated carbocycles. The number of hydrogen-bond acceptors (Lipinski definition) is 3. The van der Waals surface area contributed by atoms with Crippen molar-refractivity contribution in [2.45, 2.75) is 38.4 Å². The van der Waals surface area contributed by atoms with Crippen molar-refractivity contribution >= 4 is 28.9 Å². The van der Waals surface area contributed by atoms with Crippen LogP contribution < -0.4 is 10.6 Å². The number of aromatic nitrogens is 2. The molecule has 1 aliphatic heterocycles. The van der Waals surface area contributed by atoms with Gasteiger partial charge in [-0.15, -0.1) is 0 Å². The van der Waals surface area contributed by atoms with Gasteiger partial charge < -0.3 is 20.1 Å². The number of para-hydroxylation sites is 1. The predicted octanol–water partition coefficient (Wildman–Crippen LogP) is 4.60. The molecule has 32 heavy (non-hydrogen) atoms. The summed E-state index contributed by atoms with van der Waals surface area (Å²) in [5.74, 6) is -0.722. The molecule has 1 aromatic carbocycles. The van der Waals surface area contributed by atoms with Crippen LogP contribution in [0.1, 0.15) is 49.7 Å². The molecule has 3 aromatic rings. The van der Waals surface area contributed by atoms with Crippen molar-refractivity contribution in [1.82, 2.24) is 19.8 Å². The van der Waals surface area contributed by atoms with Crippen LogP contribution >= 0.6 is 12.2 Å². The molecule has 8 heteroatoms. The lowest BCUT2D eigenvalue weighted by atomic mass is 9.99. The molecule has 1 saturated heterocycles. The smallest absolute Gasteiger partial charge is 0.226 e. The Hall–Kier alpha value is -3.26. The lowest BCUT2D eigenvalue weighted by Crippen LogP contribution is -2.32. The first-order chi connectivity index (χ1) is 15.4. The number of carbonyl (C=O) groups excluding carboxylic acids is 1. The molecule has 6 nitrogen and oxygen atoms in total. The van der Waals surface area contributed by atoms with Crippen LogP contribution in [0.5, 0.6) is 0 Å². The summed E-state index contributed by atoms with van der Waals surface area (Å²) in [6.45, 7) is 4.65. The molecule has 2 N–H and O–H groups in total. The van der Waals surface area contributed by atoms with Crippen LogP contribution in [0.25, 0.3) is 0 Å². The number of thiocarbonyl (C=S) groups is 1. The van der Waals surface area contributed by atoms with Gasteiger partial charge >= 0.3 is 0 Å². The van der Waals surface area contributed by atoms with Crippen molar-refractivity contribution in [1.29, 1.82) is 0 Å². The summed E-state index contributed by atoms with van der Waals surface area (Å²) in [5, 5.41) is 6.60. The van der Waals surface area contributed by atoms with E-state index in [0.29, 0.717) is 17.7 Å². The molecule has 0 spiro atoms. The molecule has 166 valence electrons. The van der Waals surface area contributed by atoms with Gasteiger partial charge in [0.25, 0.3) is 0 Å². The van der Waals surface area contributed by atoms with Gasteiger partial charge in [-0.1, -0.05) is 18.2 Å². The fraction of sp³-hybridized carbons (Fsp3) is 0.292. The first-order valence-corrected chi connectivity index (χ1v) is 11.0. The van der Waals surface area contributed by atoms with E-state index in [2.05, 4.69) is 52.5 Å². The molecule has 1 amide bonds. The Morgan fingerprint density at radius 1 is 1.22 bits per heavy atom. The summed E-state index contributed by atoms with van der Waals surface area (Å²) >= 11 is 5.64. The van der Waals surface area contributed by atoms with Crippen LogP contribution in [-0.4, -0.2) is 32.0 Å². The van der Waals surface area contributed by atoms with E-state index in [9.17, 15) is 9.18 Å². The predicted molar refractivity (Wildman–Crippen MR) is 127 cm³/mol. The van der Waals surface area contributed by atoms with E-state index in [-0.39, 0.29) is 30.1 Å². The Kier molecular flexibility index (Phi) is 6.50. The van der Waals surface area contributed by atoms with Crippen LogP contribution in [0.3, 0.4) is 0 Å². The van der Waals surface area contributed by atoms with Crippen molar-refractivity contribution < 1.29 is 9.18 Å². The molecule has 0 radical (unpaired) electrons. The zero-order valence-corrected chi connectivity index (χ0v) is 18.8. The standard InChI is InChI=1S/C24H26FN5OS/c1-16(2)29-13-10-17(15-29)23-22(20-9-5-6-12-26-20)28-24(32)30(23)14-11-21(31)27-19-8-4-3-7-18(19)25/h3-10,12-13,15-16,22-23H,11,14H2,1-2H3,(H,27,31)(H,28,32)/t22-,23-/m1/s1. The third-order valence-electron chi connectivity index (χ3n) is 5.60. The normalized spacial score (nSPS) is 18.1. The number of nitrogens with zero attached hydrogens (tertiary/aromatic N) is 3. The number of rotatable bonds is 7. The molecule has 1 fully saturated rings. The molecular formula is C24H26FN5OS. The average molecular weight is 452 g/mol. The highest BCUT2D eigenvalue weighted by atomic mass is 32.1. The molecule has 2 aromatic heterocycles. The third-order valence-corrected chi connectivity index (χ3v) is 5.95. The number of benzene rings is 1. The Labute approximate surface area is 192 Å². The van der Waals surface area contributed by atoms with Crippen molar-refractivity contribution in [3.05, 3.63) is 84.2 Å². The highest BCUT2D eigenvalue weighted by molar-refractivity contribution is 7.80. The van der Waals surface area contributed by atoms with Crippen LogP contribution in [0, 0.1) is 5.82 Å². The van der Waals surface area contributed by atoms with E-state index in [1.54, 1.807) is 24.4 Å². The summed E-state index contributed by atoms with van der Waals surface area (Å²) < 4.78 is 16.0. The van der Waals surface area contributed by atoms with Gasteiger partial charge in [0.05, 0.1) is 23.5 Å². The number of halogens is 1. The summed E-state index contributed by atoms with van der Waals surface area (Å²) in [6, 6.07) is 14.1. The maximum Gasteiger partial charge on any atom is 0.226 e. The summed E-state index contributed by atoms with van der Waals surface area (Å²) in [4.78, 5) is 19.1. The van der Waals surface area contributed by atoms with E-state index >= 15 is 0 Å². The fourth-order valence-electron chi connectivity index (χ4n) is 3.93. The lowest BCUT2D eigenvalue weighted by Gasteiger charge is -2.27. The van der Waals surface area contributed by atoms with Crippen molar-refractivity contribution in [3.63, 3.8) is 0 Å². The molecule has 3 heterocycles. The Bertz CT molecular complexity index is 1100. The second kappa shape index (κ2) is 9.48. The molecule has 0 bridgehead atoms. The maximum absolute atomic E-state index is 13.9. The van der Waals surface area contributed by atoms with Crippen molar-refractivity contribution in [3.8, 4) is 0 Å². The minimum Gasteiger partial charge on any atom is -0.352 e. The van der Waals surface area contributed by atoms with Crippen molar-refractivity contribution in [2.24, 2.45) is 0 Å². The molecule has 1 aliphatic rings. The van der Waals surface area contributed by atoms with Crippen LogP contribution in [0.4, 0.5) is 10.1 Å². The number of pyridine rings is 1. The Balaban J connectivity index is 1.55. The summed E-state index contributed by atoms with van der Waals surface area (Å²) in [7, 11) is 0. The van der Waals surface area contributed by atoms with Gasteiger partial charge in [0.2, 0.25) is 5.91 Å². The minimum atomic E-state index is -0.456. The molecule has 4 rings (SSSR count). The number of carbonyl (C=O) groups is 1. The molecule has 0 unspecified atom stereocenters. The minimum absolute atomic E-state index is 0.112. The molecule has 0 aliphatic carbocycles. The van der Waals surface area contributed by atoms with Gasteiger partial charge in [-0.25, -0.2) is 4.39 Å². The van der Waals surface area contributed by atoms with Crippen LogP contribution in [0.2, 0.25) is 0 Å². The monoisotopic (exact) mass is 451 g/mol. The van der Waals surface area contributed by atoms with Crippen LogP contribution in [0.15, 0.2) is 67.1 Å². The SMILES string of the molecule is CC(C)n1ccc([C@@H]2[C@@H](c3ccccn3)NC(=S)N2CCC(=O)Nc2ccccc2F)c1. The fourth-order valence-corrected chi connectivity index (χ4v) is 4.27. The average Bonchev–Trinajstić information content (AvgIpc) is 3.39. The number of hydrogen-bond donors (Lipinski definition) is 2. The number of anilines is 1.